The quantitative estimate of drug-likeness (QED) is 0.623. The van der Waals surface area contributed by atoms with E-state index in [0.29, 0.717) is 36.6 Å². The number of carbonyl (C=O) groups is 1. The van der Waals surface area contributed by atoms with Crippen molar-refractivity contribution in [3.63, 3.8) is 0 Å². The molecule has 156 valence electrons. The number of ether oxygens (including phenoxy) is 2. The van der Waals surface area contributed by atoms with Gasteiger partial charge in [0.05, 0.1) is 12.7 Å². The highest BCUT2D eigenvalue weighted by Crippen LogP contribution is 2.32. The summed E-state index contributed by atoms with van der Waals surface area (Å²) in [6.45, 7) is 2.83. The third-order valence-corrected chi connectivity index (χ3v) is 5.22. The molecule has 3 aromatic rings. The lowest BCUT2D eigenvalue weighted by molar-refractivity contribution is 0.0793. The first kappa shape index (κ1) is 19.8. The minimum Gasteiger partial charge on any atom is -0.454 e. The molecule has 0 bridgehead atoms. The zero-order valence-corrected chi connectivity index (χ0v) is 17.3. The summed E-state index contributed by atoms with van der Waals surface area (Å²) in [6.07, 6.45) is 6.09. The Balaban J connectivity index is 1.53. The van der Waals surface area contributed by atoms with Gasteiger partial charge in [-0.25, -0.2) is 0 Å². The van der Waals surface area contributed by atoms with E-state index in [1.54, 1.807) is 46.6 Å². The molecule has 1 amide bonds. The fourth-order valence-electron chi connectivity index (χ4n) is 3.48. The van der Waals surface area contributed by atoms with Crippen LogP contribution in [0.25, 0.3) is 0 Å². The van der Waals surface area contributed by atoms with Gasteiger partial charge in [0.15, 0.2) is 11.5 Å². The number of benzene rings is 1. The molecule has 0 unspecified atom stereocenters. The van der Waals surface area contributed by atoms with E-state index in [2.05, 4.69) is 5.10 Å². The summed E-state index contributed by atoms with van der Waals surface area (Å²) < 4.78 is 14.0. The average molecular weight is 408 g/mol. The largest absolute Gasteiger partial charge is 0.454 e. The molecule has 0 aliphatic carbocycles. The number of likely N-dealkylation sites (N-methyl/N-ethyl adjacent to an activating group) is 1. The van der Waals surface area contributed by atoms with Gasteiger partial charge in [-0.15, -0.1) is 0 Å². The average Bonchev–Trinajstić information content (AvgIpc) is 3.36. The Labute approximate surface area is 174 Å². The molecule has 0 saturated carbocycles. The van der Waals surface area contributed by atoms with Gasteiger partial charge >= 0.3 is 0 Å². The first-order valence-corrected chi connectivity index (χ1v) is 9.74. The first-order chi connectivity index (χ1) is 14.4. The number of hydrogen-bond acceptors (Lipinski definition) is 5. The highest BCUT2D eigenvalue weighted by molar-refractivity contribution is 5.95. The smallest absolute Gasteiger partial charge is 0.263 e. The second-order valence-corrected chi connectivity index (χ2v) is 7.49. The van der Waals surface area contributed by atoms with Crippen LogP contribution in [-0.2, 0) is 20.0 Å². The van der Waals surface area contributed by atoms with Crippen molar-refractivity contribution in [2.24, 2.45) is 7.05 Å². The van der Waals surface area contributed by atoms with Crippen LogP contribution in [0.1, 0.15) is 27.0 Å². The predicted molar refractivity (Wildman–Crippen MR) is 111 cm³/mol. The SMILES string of the molecule is Cc1ccn(Cc2ccc3c(c2)OCO3)c(=O)c1C(=O)N(C)CCc1cnn(C)c1. The van der Waals surface area contributed by atoms with E-state index in [1.165, 1.54) is 0 Å². The van der Waals surface area contributed by atoms with Gasteiger partial charge in [-0.3, -0.25) is 14.3 Å². The molecule has 8 heteroatoms. The van der Waals surface area contributed by atoms with Crippen molar-refractivity contribution in [1.82, 2.24) is 19.2 Å². The number of nitrogens with zero attached hydrogens (tertiary/aromatic N) is 4. The van der Waals surface area contributed by atoms with E-state index in [1.807, 2.05) is 31.4 Å². The number of fused-ring (bicyclic) bond motifs is 1. The van der Waals surface area contributed by atoms with E-state index in [0.717, 1.165) is 11.1 Å². The van der Waals surface area contributed by atoms with E-state index >= 15 is 0 Å². The van der Waals surface area contributed by atoms with Crippen molar-refractivity contribution in [2.45, 2.75) is 19.9 Å². The molecule has 0 spiro atoms. The summed E-state index contributed by atoms with van der Waals surface area (Å²) in [5.74, 6) is 1.08. The van der Waals surface area contributed by atoms with Crippen LogP contribution in [0, 0.1) is 6.92 Å². The van der Waals surface area contributed by atoms with Gasteiger partial charge in [-0.1, -0.05) is 6.07 Å². The number of rotatable bonds is 6. The maximum Gasteiger partial charge on any atom is 0.263 e. The third-order valence-electron chi connectivity index (χ3n) is 5.22. The number of pyridine rings is 1. The zero-order valence-electron chi connectivity index (χ0n) is 17.3. The lowest BCUT2D eigenvalue weighted by Gasteiger charge is -2.18. The fourth-order valence-corrected chi connectivity index (χ4v) is 3.48. The number of aryl methyl sites for hydroxylation is 2. The van der Waals surface area contributed by atoms with Gasteiger partial charge < -0.3 is 18.9 Å². The highest BCUT2D eigenvalue weighted by atomic mass is 16.7. The minimum atomic E-state index is -0.300. The van der Waals surface area contributed by atoms with Crippen molar-refractivity contribution >= 4 is 5.91 Å². The molecule has 1 aliphatic rings. The van der Waals surface area contributed by atoms with Gasteiger partial charge in [0.2, 0.25) is 6.79 Å². The van der Waals surface area contributed by atoms with Gasteiger partial charge in [0, 0.05) is 33.0 Å². The molecule has 0 N–H and O–H groups in total. The van der Waals surface area contributed by atoms with Crippen molar-refractivity contribution < 1.29 is 14.3 Å². The van der Waals surface area contributed by atoms with E-state index in [4.69, 9.17) is 9.47 Å². The fraction of sp³-hybridized carbons (Fsp3) is 0.318. The molecule has 0 atom stereocenters. The van der Waals surface area contributed by atoms with Crippen LogP contribution < -0.4 is 15.0 Å². The van der Waals surface area contributed by atoms with Crippen LogP contribution in [0.4, 0.5) is 0 Å². The van der Waals surface area contributed by atoms with Crippen LogP contribution in [0.15, 0.2) is 47.7 Å². The lowest BCUT2D eigenvalue weighted by Crippen LogP contribution is -2.36. The molecular weight excluding hydrogens is 384 g/mol. The minimum absolute atomic E-state index is 0.201. The maximum absolute atomic E-state index is 13.1. The Morgan fingerprint density at radius 1 is 1.20 bits per heavy atom. The van der Waals surface area contributed by atoms with Crippen molar-refractivity contribution in [2.75, 3.05) is 20.4 Å². The maximum atomic E-state index is 13.1. The molecule has 1 aliphatic heterocycles. The molecular formula is C22H24N4O4. The van der Waals surface area contributed by atoms with Crippen LogP contribution in [0.2, 0.25) is 0 Å². The Morgan fingerprint density at radius 3 is 2.77 bits per heavy atom. The van der Waals surface area contributed by atoms with Crippen molar-refractivity contribution in [3.8, 4) is 11.5 Å². The molecule has 8 nitrogen and oxygen atoms in total. The molecule has 0 saturated heterocycles. The first-order valence-electron chi connectivity index (χ1n) is 9.74. The van der Waals surface area contributed by atoms with Crippen LogP contribution in [0.5, 0.6) is 11.5 Å². The molecule has 0 fully saturated rings. The molecule has 4 rings (SSSR count). The number of amides is 1. The standard InChI is InChI=1S/C22H24N4O4/c1-15-6-9-26(13-16-4-5-18-19(10-16)30-14-29-18)22(28)20(15)21(27)24(2)8-7-17-11-23-25(3)12-17/h4-6,9-12H,7-8,13-14H2,1-3H3. The molecule has 1 aromatic carbocycles. The summed E-state index contributed by atoms with van der Waals surface area (Å²) in [5.41, 5.74) is 2.51. The highest BCUT2D eigenvalue weighted by Gasteiger charge is 2.20. The van der Waals surface area contributed by atoms with Crippen molar-refractivity contribution in [3.05, 3.63) is 75.5 Å². The summed E-state index contributed by atoms with van der Waals surface area (Å²) in [4.78, 5) is 27.7. The second-order valence-electron chi connectivity index (χ2n) is 7.49. The van der Waals surface area contributed by atoms with Crippen LogP contribution in [0.3, 0.4) is 0 Å². The number of hydrogen-bond donors (Lipinski definition) is 0. The number of carbonyl (C=O) groups excluding carboxylic acids is 1. The lowest BCUT2D eigenvalue weighted by atomic mass is 10.1. The molecule has 3 heterocycles. The number of aromatic nitrogens is 3. The Morgan fingerprint density at radius 2 is 2.00 bits per heavy atom. The van der Waals surface area contributed by atoms with E-state index in [9.17, 15) is 9.59 Å². The van der Waals surface area contributed by atoms with E-state index < -0.39 is 0 Å². The Kier molecular flexibility index (Phi) is 5.31. The van der Waals surface area contributed by atoms with Crippen LogP contribution >= 0.6 is 0 Å². The third kappa shape index (κ3) is 3.94. The van der Waals surface area contributed by atoms with Gasteiger partial charge in [-0.05, 0) is 48.2 Å². The zero-order chi connectivity index (χ0) is 21.3. The Hall–Kier alpha value is -3.55. The van der Waals surface area contributed by atoms with Gasteiger partial charge in [0.1, 0.15) is 5.56 Å². The monoisotopic (exact) mass is 408 g/mol. The van der Waals surface area contributed by atoms with Crippen molar-refractivity contribution in [1.29, 1.82) is 0 Å². The topological polar surface area (TPSA) is 78.6 Å². The molecule has 2 aromatic heterocycles. The van der Waals surface area contributed by atoms with Gasteiger partial charge in [0.25, 0.3) is 11.5 Å². The van der Waals surface area contributed by atoms with E-state index in [-0.39, 0.29) is 23.8 Å². The normalized spacial score (nSPS) is 12.2. The predicted octanol–water partition coefficient (Wildman–Crippen LogP) is 1.98. The Bertz CT molecular complexity index is 1150. The van der Waals surface area contributed by atoms with Gasteiger partial charge in [-0.2, -0.15) is 5.10 Å². The summed E-state index contributed by atoms with van der Waals surface area (Å²) in [6, 6.07) is 7.38. The summed E-state index contributed by atoms with van der Waals surface area (Å²) in [5, 5.41) is 4.14. The summed E-state index contributed by atoms with van der Waals surface area (Å²) >= 11 is 0. The second kappa shape index (κ2) is 8.06. The summed E-state index contributed by atoms with van der Waals surface area (Å²) in [7, 11) is 3.57. The van der Waals surface area contributed by atoms with Crippen LogP contribution in [-0.4, -0.2) is 45.5 Å². The molecule has 0 radical (unpaired) electrons. The molecule has 30 heavy (non-hydrogen) atoms.